The normalized spacial score (nSPS) is 11.6. The summed E-state index contributed by atoms with van der Waals surface area (Å²) in [6.07, 6.45) is 1.87. The van der Waals surface area contributed by atoms with Gasteiger partial charge in [0, 0.05) is 56.2 Å². The molecule has 0 bridgehead atoms. The van der Waals surface area contributed by atoms with Crippen LogP contribution in [0.15, 0.2) is 138 Å². The Morgan fingerprint density at radius 1 is 0.690 bits per heavy atom. The van der Waals surface area contributed by atoms with Crippen LogP contribution in [-0.4, -0.2) is 11.0 Å². The zero-order chi connectivity index (χ0) is 27.6. The average Bonchev–Trinajstić information content (AvgIpc) is 3.61. The Bertz CT molecular complexity index is 2080. The van der Waals surface area contributed by atoms with Crippen LogP contribution in [0.3, 0.4) is 0 Å². The van der Waals surface area contributed by atoms with Crippen LogP contribution in [0.25, 0.3) is 33.2 Å². The number of pyridine rings is 1. The van der Waals surface area contributed by atoms with E-state index in [1.165, 1.54) is 5.56 Å². The molecule has 0 saturated carbocycles. The summed E-state index contributed by atoms with van der Waals surface area (Å²) in [5.74, 6) is 0. The van der Waals surface area contributed by atoms with Crippen molar-refractivity contribution < 1.29 is 24.5 Å². The number of fused-ring (bicyclic) bond motifs is 4. The maximum absolute atomic E-state index is 6.03. The van der Waals surface area contributed by atoms with E-state index < -0.39 is 0 Å². The maximum Gasteiger partial charge on any atom is 0.501 e. The minimum atomic E-state index is 0. The Morgan fingerprint density at radius 3 is 2.19 bits per heavy atom. The number of aromatic nitrogens is 1. The summed E-state index contributed by atoms with van der Waals surface area (Å²) >= 11 is 0. The Hall–Kier alpha value is -4.92. The van der Waals surface area contributed by atoms with Gasteiger partial charge in [-0.05, 0) is 34.2 Å². The summed E-state index contributed by atoms with van der Waals surface area (Å²) < 4.78 is 10.1. The predicted octanol–water partition coefficient (Wildman–Crippen LogP) is 9.10. The Morgan fingerprint density at radius 2 is 1.43 bits per heavy atom. The van der Waals surface area contributed by atoms with E-state index in [2.05, 4.69) is 76.2 Å². The number of furan rings is 1. The van der Waals surface area contributed by atoms with E-state index in [4.69, 9.17) is 4.42 Å². The molecular weight excluding hydrogens is 695 g/mol. The third-order valence-electron chi connectivity index (χ3n) is 7.00. The van der Waals surface area contributed by atoms with Crippen molar-refractivity contribution in [2.24, 2.45) is 0 Å². The summed E-state index contributed by atoms with van der Waals surface area (Å²) in [4.78, 5) is 4.32. The molecule has 0 aliphatic carbocycles. The summed E-state index contributed by atoms with van der Waals surface area (Å²) in [6.45, 7) is 2.03. The molecule has 203 valence electrons. The monoisotopic (exact) mass is 720 g/mol. The van der Waals surface area contributed by atoms with E-state index in [0.717, 1.165) is 55.9 Å². The topological polar surface area (TPSA) is 32.0 Å². The molecule has 1 radical (unpaired) electrons. The van der Waals surface area contributed by atoms with Crippen molar-refractivity contribution in [3.05, 3.63) is 151 Å². The van der Waals surface area contributed by atoms with Crippen LogP contribution >= 0.6 is 0 Å². The molecule has 2 aromatic heterocycles. The fraction of sp³-hybridized carbons (Fsp3) is 0.0270. The van der Waals surface area contributed by atoms with Crippen LogP contribution < -0.4 is 9.15 Å². The van der Waals surface area contributed by atoms with Gasteiger partial charge in [-0.25, -0.2) is 0 Å². The number of hydrogen-bond donors (Lipinski definition) is 0. The van der Waals surface area contributed by atoms with Gasteiger partial charge in [0.25, 0.3) is 11.4 Å². The number of rotatable bonds is 3. The number of benzene rings is 5. The average molecular weight is 720 g/mol. The van der Waals surface area contributed by atoms with E-state index in [0.29, 0.717) is 0 Å². The largest absolute Gasteiger partial charge is 0.501 e. The van der Waals surface area contributed by atoms with Crippen LogP contribution in [-0.2, 0) is 20.1 Å². The Balaban J connectivity index is 0.000000191. The molecule has 5 aromatic carbocycles. The Kier molecular flexibility index (Phi) is 7.72. The van der Waals surface area contributed by atoms with E-state index >= 15 is 0 Å². The smallest absolute Gasteiger partial charge is 0.483 e. The molecule has 0 amide bonds. The standard InChI is InChI=1S/C25H15N2O.C12H10N.Ir/c1-2-8-18(9-3-1)26-17-27(23-12-6-5-11-22(23)26)19-14-15-21-20-10-4-7-13-24(20)28-25(21)16-19;1-10-7-8-12(13-9-10)11-5-3-2-4-6-11;/h1-15H;2-5,7-9H,1H3;/q+1;-1;. The second-order valence-corrected chi connectivity index (χ2v) is 9.78. The number of nitrogens with zero attached hydrogens (tertiary/aromatic N) is 3. The first-order valence-electron chi connectivity index (χ1n) is 13.5. The molecule has 0 N–H and O–H groups in total. The minimum absolute atomic E-state index is 0. The molecule has 8 rings (SSSR count). The van der Waals surface area contributed by atoms with Crippen molar-refractivity contribution in [3.63, 3.8) is 0 Å². The molecule has 1 aliphatic heterocycles. The first-order chi connectivity index (χ1) is 20.2. The van der Waals surface area contributed by atoms with Crippen molar-refractivity contribution in [3.8, 4) is 11.3 Å². The van der Waals surface area contributed by atoms with Crippen LogP contribution in [0.4, 0.5) is 22.7 Å². The number of hydrogen-bond acceptors (Lipinski definition) is 2. The molecule has 0 atom stereocenters. The third kappa shape index (κ3) is 5.25. The van der Waals surface area contributed by atoms with Gasteiger partial charge in [0.1, 0.15) is 11.3 Å². The maximum atomic E-state index is 6.03. The van der Waals surface area contributed by atoms with Crippen molar-refractivity contribution in [1.29, 1.82) is 0 Å². The molecule has 1 aliphatic rings. The SMILES string of the molecule is C1=[N+](c2[c-]c3oc4ccccc4c3cc2)c2ccccc2[N+]=1c1ccccc1.Cc1ccc(-c2[c-]cccc2)nc1.[Ir]. The van der Waals surface area contributed by atoms with Crippen molar-refractivity contribution in [2.45, 2.75) is 6.92 Å². The van der Waals surface area contributed by atoms with Crippen LogP contribution in [0.5, 0.6) is 0 Å². The molecule has 3 heterocycles. The van der Waals surface area contributed by atoms with Gasteiger partial charge < -0.3 is 9.40 Å². The predicted molar refractivity (Wildman–Crippen MR) is 167 cm³/mol. The third-order valence-corrected chi connectivity index (χ3v) is 7.00. The molecule has 4 nitrogen and oxygen atoms in total. The van der Waals surface area contributed by atoms with E-state index in [9.17, 15) is 0 Å². The molecule has 0 saturated heterocycles. The molecule has 7 aromatic rings. The van der Waals surface area contributed by atoms with Crippen LogP contribution in [0.1, 0.15) is 5.56 Å². The van der Waals surface area contributed by atoms with E-state index in [1.807, 2.05) is 96.6 Å². The molecule has 0 spiro atoms. The summed E-state index contributed by atoms with van der Waals surface area (Å²) in [7, 11) is 0. The second-order valence-electron chi connectivity index (χ2n) is 9.78. The first kappa shape index (κ1) is 27.3. The van der Waals surface area contributed by atoms with Crippen LogP contribution in [0.2, 0.25) is 0 Å². The molecule has 42 heavy (non-hydrogen) atoms. The summed E-state index contributed by atoms with van der Waals surface area (Å²) in [5, 5.41) is 2.19. The van der Waals surface area contributed by atoms with Gasteiger partial charge in [-0.3, -0.25) is 0 Å². The van der Waals surface area contributed by atoms with Gasteiger partial charge in [0.2, 0.25) is 5.69 Å². The fourth-order valence-electron chi connectivity index (χ4n) is 4.96. The number of aryl methyl sites for hydroxylation is 1. The van der Waals surface area contributed by atoms with Gasteiger partial charge >= 0.3 is 6.01 Å². The molecule has 0 fully saturated rings. The minimum Gasteiger partial charge on any atom is -0.483 e. The van der Waals surface area contributed by atoms with Gasteiger partial charge in [0.15, 0.2) is 0 Å². The zero-order valence-electron chi connectivity index (χ0n) is 22.8. The second kappa shape index (κ2) is 11.9. The molecular formula is C37H25IrN3O. The van der Waals surface area contributed by atoms with Gasteiger partial charge in [-0.15, -0.1) is 35.9 Å². The zero-order valence-corrected chi connectivity index (χ0v) is 25.2. The molecule has 5 heteroatoms. The van der Waals surface area contributed by atoms with Gasteiger partial charge in [-0.2, -0.15) is 6.07 Å². The number of para-hydroxylation sites is 4. The fourth-order valence-corrected chi connectivity index (χ4v) is 4.96. The summed E-state index contributed by atoms with van der Waals surface area (Å²) in [6, 6.07) is 52.8. The molecule has 0 unspecified atom stereocenters. The van der Waals surface area contributed by atoms with E-state index in [-0.39, 0.29) is 20.1 Å². The van der Waals surface area contributed by atoms with Gasteiger partial charge in [-0.1, -0.05) is 82.8 Å². The quantitative estimate of drug-likeness (QED) is 0.135. The van der Waals surface area contributed by atoms with Crippen molar-refractivity contribution in [2.75, 3.05) is 0 Å². The first-order valence-corrected chi connectivity index (χ1v) is 13.5. The van der Waals surface area contributed by atoms with Crippen LogP contribution in [0, 0.1) is 19.1 Å². The van der Waals surface area contributed by atoms with Crippen molar-refractivity contribution >= 4 is 50.7 Å². The van der Waals surface area contributed by atoms with E-state index in [1.54, 1.807) is 0 Å². The van der Waals surface area contributed by atoms with Crippen molar-refractivity contribution in [1.82, 2.24) is 14.1 Å². The summed E-state index contributed by atoms with van der Waals surface area (Å²) in [5.41, 5.74) is 8.97. The van der Waals surface area contributed by atoms with Gasteiger partial charge in [0.05, 0.1) is 0 Å². The Labute approximate surface area is 257 Å².